The first-order chi connectivity index (χ1) is 11.9. The summed E-state index contributed by atoms with van der Waals surface area (Å²) in [6.45, 7) is 6.84. The van der Waals surface area contributed by atoms with Crippen LogP contribution in [0.2, 0.25) is 0 Å². The van der Waals surface area contributed by atoms with Gasteiger partial charge in [0.2, 0.25) is 0 Å². The Balaban J connectivity index is 2.25. The number of hydrogen-bond acceptors (Lipinski definition) is 2. The number of rotatable bonds is 5. The van der Waals surface area contributed by atoms with E-state index >= 15 is 0 Å². The maximum atomic E-state index is 5.51. The molecule has 0 saturated heterocycles. The molecule has 0 heterocycles. The van der Waals surface area contributed by atoms with Crippen LogP contribution in [-0.2, 0) is 0 Å². The Bertz CT molecular complexity index is 725. The molecule has 0 aliphatic heterocycles. The van der Waals surface area contributed by atoms with Crippen molar-refractivity contribution in [1.82, 2.24) is 5.43 Å². The van der Waals surface area contributed by atoms with Gasteiger partial charge in [-0.05, 0) is 67.1 Å². The molecule has 0 bridgehead atoms. The predicted molar refractivity (Wildman–Crippen MR) is 112 cm³/mol. The Morgan fingerprint density at radius 3 is 2.52 bits per heavy atom. The van der Waals surface area contributed by atoms with Gasteiger partial charge in [-0.2, -0.15) is 5.10 Å². The zero-order valence-electron chi connectivity index (χ0n) is 15.3. The minimum atomic E-state index is 0.160. The maximum Gasteiger partial charge on any atom is 0.184 e. The second-order valence-corrected chi connectivity index (χ2v) is 7.46. The number of allylic oxidation sites excluding steroid dienone is 5. The molecule has 0 unspecified atom stereocenters. The first-order valence-electron chi connectivity index (χ1n) is 8.63. The molecule has 132 valence electrons. The largest absolute Gasteiger partial charge is 0.375 e. The summed E-state index contributed by atoms with van der Waals surface area (Å²) >= 11 is 4.86. The summed E-state index contributed by atoms with van der Waals surface area (Å²) in [5.41, 5.74) is 13.1. The van der Waals surface area contributed by atoms with Gasteiger partial charge < -0.3 is 5.73 Å². The van der Waals surface area contributed by atoms with Gasteiger partial charge in [0.05, 0.1) is 5.71 Å². The molecule has 1 aliphatic carbocycles. The van der Waals surface area contributed by atoms with Crippen LogP contribution in [0.15, 0.2) is 64.8 Å². The quantitative estimate of drug-likeness (QED) is 0.446. The second kappa shape index (κ2) is 8.77. The molecule has 0 spiro atoms. The molecule has 3 nitrogen and oxygen atoms in total. The van der Waals surface area contributed by atoms with Gasteiger partial charge in [-0.15, -0.1) is 0 Å². The van der Waals surface area contributed by atoms with Crippen molar-refractivity contribution in [3.63, 3.8) is 0 Å². The third kappa shape index (κ3) is 5.98. The highest BCUT2D eigenvalue weighted by Crippen LogP contribution is 2.40. The van der Waals surface area contributed by atoms with E-state index in [0.29, 0.717) is 0 Å². The van der Waals surface area contributed by atoms with Gasteiger partial charge in [-0.25, -0.2) is 0 Å². The van der Waals surface area contributed by atoms with Crippen LogP contribution in [0.25, 0.3) is 6.08 Å². The lowest BCUT2D eigenvalue weighted by molar-refractivity contribution is 0.377. The van der Waals surface area contributed by atoms with Crippen molar-refractivity contribution in [2.75, 3.05) is 0 Å². The smallest absolute Gasteiger partial charge is 0.184 e. The molecule has 1 aliphatic rings. The predicted octanol–water partition coefficient (Wildman–Crippen LogP) is 4.97. The molecule has 0 fully saturated rings. The maximum absolute atomic E-state index is 5.51. The van der Waals surface area contributed by atoms with Gasteiger partial charge in [0.15, 0.2) is 5.11 Å². The topological polar surface area (TPSA) is 50.4 Å². The van der Waals surface area contributed by atoms with Gasteiger partial charge in [-0.1, -0.05) is 61.9 Å². The summed E-state index contributed by atoms with van der Waals surface area (Å²) in [6.07, 6.45) is 11.8. The summed E-state index contributed by atoms with van der Waals surface area (Å²) in [6, 6.07) is 10.1. The van der Waals surface area contributed by atoms with E-state index in [1.54, 1.807) is 0 Å². The average molecular weight is 354 g/mol. The van der Waals surface area contributed by atoms with Crippen LogP contribution < -0.4 is 11.2 Å². The van der Waals surface area contributed by atoms with Crippen LogP contribution in [0, 0.1) is 5.41 Å². The van der Waals surface area contributed by atoms with Crippen LogP contribution in [0.4, 0.5) is 0 Å². The molecule has 0 aromatic heterocycles. The lowest BCUT2D eigenvalue weighted by atomic mass is 9.72. The first-order valence-corrected chi connectivity index (χ1v) is 9.04. The SMILES string of the molecule is CC1=C(C=CC(C=Cc2ccccc2)=NNC(N)=S)C(C)(C)CCC1. The van der Waals surface area contributed by atoms with E-state index in [9.17, 15) is 0 Å². The van der Waals surface area contributed by atoms with Crippen molar-refractivity contribution < 1.29 is 0 Å². The van der Waals surface area contributed by atoms with E-state index < -0.39 is 0 Å². The molecule has 2 rings (SSSR count). The summed E-state index contributed by atoms with van der Waals surface area (Å²) < 4.78 is 0. The van der Waals surface area contributed by atoms with Crippen molar-refractivity contribution in [3.8, 4) is 0 Å². The molecule has 1 aromatic rings. The van der Waals surface area contributed by atoms with E-state index in [-0.39, 0.29) is 10.5 Å². The van der Waals surface area contributed by atoms with Crippen LogP contribution in [-0.4, -0.2) is 10.8 Å². The number of hydrazone groups is 1. The van der Waals surface area contributed by atoms with Crippen molar-refractivity contribution in [1.29, 1.82) is 0 Å². The normalized spacial score (nSPS) is 18.1. The summed E-state index contributed by atoms with van der Waals surface area (Å²) in [7, 11) is 0. The number of nitrogens with zero attached hydrogens (tertiary/aromatic N) is 1. The van der Waals surface area contributed by atoms with Crippen LogP contribution >= 0.6 is 12.2 Å². The Hall–Kier alpha value is -2.20. The number of hydrogen-bond donors (Lipinski definition) is 2. The Kier molecular flexibility index (Phi) is 6.71. The fourth-order valence-electron chi connectivity index (χ4n) is 3.17. The van der Waals surface area contributed by atoms with E-state index in [2.05, 4.69) is 49.5 Å². The van der Waals surface area contributed by atoms with E-state index in [4.69, 9.17) is 18.0 Å². The highest BCUT2D eigenvalue weighted by atomic mass is 32.1. The molecule has 0 saturated carbocycles. The van der Waals surface area contributed by atoms with Gasteiger partial charge in [0, 0.05) is 0 Å². The second-order valence-electron chi connectivity index (χ2n) is 7.02. The summed E-state index contributed by atoms with van der Waals surface area (Å²) in [5, 5.41) is 4.46. The fourth-order valence-corrected chi connectivity index (χ4v) is 3.22. The third-order valence-corrected chi connectivity index (χ3v) is 4.60. The first kappa shape index (κ1) is 19.1. The Morgan fingerprint density at radius 1 is 1.20 bits per heavy atom. The number of benzene rings is 1. The minimum absolute atomic E-state index is 0.160. The van der Waals surface area contributed by atoms with Gasteiger partial charge in [-0.3, -0.25) is 5.43 Å². The standard InChI is InChI=1S/C21H27N3S/c1-16-8-7-15-21(2,3)19(16)14-13-18(23-24-20(22)25)12-11-17-9-5-4-6-10-17/h4-6,9-14H,7-8,15H2,1-3H3,(H3,22,24,25). The molecule has 3 N–H and O–H groups in total. The minimum Gasteiger partial charge on any atom is -0.375 e. The zero-order valence-corrected chi connectivity index (χ0v) is 16.1. The zero-order chi connectivity index (χ0) is 18.3. The van der Waals surface area contributed by atoms with Crippen molar-refractivity contribution in [2.24, 2.45) is 16.3 Å². The molecule has 0 atom stereocenters. The lowest BCUT2D eigenvalue weighted by Crippen LogP contribution is -2.25. The fraction of sp³-hybridized carbons (Fsp3) is 0.333. The van der Waals surface area contributed by atoms with Gasteiger partial charge in [0.25, 0.3) is 0 Å². The third-order valence-electron chi connectivity index (χ3n) is 4.50. The van der Waals surface area contributed by atoms with Crippen molar-refractivity contribution >= 4 is 29.1 Å². The average Bonchev–Trinajstić information content (AvgIpc) is 2.56. The monoisotopic (exact) mass is 353 g/mol. The van der Waals surface area contributed by atoms with Crippen LogP contribution in [0.3, 0.4) is 0 Å². The van der Waals surface area contributed by atoms with Crippen LogP contribution in [0.5, 0.6) is 0 Å². The molecule has 0 radical (unpaired) electrons. The molecular weight excluding hydrogens is 326 g/mol. The van der Waals surface area contributed by atoms with E-state index in [0.717, 1.165) is 11.3 Å². The molecule has 25 heavy (non-hydrogen) atoms. The Morgan fingerprint density at radius 2 is 1.88 bits per heavy atom. The van der Waals surface area contributed by atoms with E-state index in [1.807, 2.05) is 36.4 Å². The Labute approximate surface area is 156 Å². The van der Waals surface area contributed by atoms with Gasteiger partial charge >= 0.3 is 0 Å². The number of nitrogens with one attached hydrogen (secondary N) is 1. The van der Waals surface area contributed by atoms with E-state index in [1.165, 1.54) is 30.4 Å². The molecular formula is C21H27N3S. The molecule has 4 heteroatoms. The lowest BCUT2D eigenvalue weighted by Gasteiger charge is -2.32. The van der Waals surface area contributed by atoms with Crippen molar-refractivity contribution in [3.05, 3.63) is 65.3 Å². The summed E-state index contributed by atoms with van der Waals surface area (Å²) in [5.74, 6) is 0. The van der Waals surface area contributed by atoms with Crippen molar-refractivity contribution in [2.45, 2.75) is 40.0 Å². The summed E-state index contributed by atoms with van der Waals surface area (Å²) in [4.78, 5) is 0. The highest BCUT2D eigenvalue weighted by molar-refractivity contribution is 7.80. The number of thiocarbonyl (C=S) groups is 1. The van der Waals surface area contributed by atoms with Crippen LogP contribution in [0.1, 0.15) is 45.6 Å². The van der Waals surface area contributed by atoms with Gasteiger partial charge in [0.1, 0.15) is 0 Å². The number of nitrogens with two attached hydrogens (primary N) is 1. The molecule has 1 aromatic carbocycles. The highest BCUT2D eigenvalue weighted by Gasteiger charge is 2.26. The molecule has 0 amide bonds.